The molecule has 1 saturated heterocycles. The molecule has 0 N–H and O–H groups in total. The van der Waals surface area contributed by atoms with Crippen LogP contribution in [-0.2, 0) is 13.1 Å². The van der Waals surface area contributed by atoms with Crippen LogP contribution < -0.4 is 19.3 Å². The van der Waals surface area contributed by atoms with Gasteiger partial charge in [0.1, 0.15) is 6.33 Å². The van der Waals surface area contributed by atoms with E-state index in [0.717, 1.165) is 42.3 Å². The summed E-state index contributed by atoms with van der Waals surface area (Å²) in [5, 5.41) is 12.1. The Kier molecular flexibility index (Phi) is 6.13. The summed E-state index contributed by atoms with van der Waals surface area (Å²) in [6.45, 7) is 4.38. The van der Waals surface area contributed by atoms with Gasteiger partial charge in [0.2, 0.25) is 18.4 Å². The summed E-state index contributed by atoms with van der Waals surface area (Å²) in [5.41, 5.74) is 2.15. The van der Waals surface area contributed by atoms with Gasteiger partial charge < -0.3 is 19.3 Å². The van der Waals surface area contributed by atoms with Crippen LogP contribution in [0.15, 0.2) is 54.9 Å². The van der Waals surface area contributed by atoms with Crippen LogP contribution in [0.3, 0.4) is 0 Å². The van der Waals surface area contributed by atoms with Gasteiger partial charge in [0.05, 0.1) is 4.92 Å². The molecule has 2 aliphatic rings. The Morgan fingerprint density at radius 2 is 1.76 bits per heavy atom. The fraction of sp³-hybridized carbons (Fsp3) is 0.333. The van der Waals surface area contributed by atoms with Crippen LogP contribution in [0.5, 0.6) is 11.5 Å². The summed E-state index contributed by atoms with van der Waals surface area (Å²) in [6.07, 6.45) is 1.41. The highest BCUT2D eigenvalue weighted by Gasteiger charge is 2.31. The van der Waals surface area contributed by atoms with Gasteiger partial charge in [-0.2, -0.15) is 0 Å². The molecule has 34 heavy (non-hydrogen) atoms. The van der Waals surface area contributed by atoms with Crippen LogP contribution in [0.2, 0.25) is 0 Å². The predicted octanol–water partition coefficient (Wildman–Crippen LogP) is 3.07. The molecule has 2 aliphatic heterocycles. The number of ether oxygens (including phenoxy) is 2. The molecule has 10 heteroatoms. The molecule has 0 radical (unpaired) electrons. The highest BCUT2D eigenvalue weighted by Crippen LogP contribution is 2.35. The Bertz CT molecular complexity index is 1170. The second-order valence-electron chi connectivity index (χ2n) is 8.42. The normalized spacial score (nSPS) is 15.4. The van der Waals surface area contributed by atoms with Gasteiger partial charge >= 0.3 is 5.69 Å². The lowest BCUT2D eigenvalue weighted by Crippen LogP contribution is -2.46. The van der Waals surface area contributed by atoms with Gasteiger partial charge in [-0.15, -0.1) is 0 Å². The minimum absolute atomic E-state index is 0.0508. The van der Waals surface area contributed by atoms with E-state index >= 15 is 0 Å². The first-order valence-electron chi connectivity index (χ1n) is 11.2. The number of rotatable bonds is 7. The molecule has 10 nitrogen and oxygen atoms in total. The van der Waals surface area contributed by atoms with E-state index in [4.69, 9.17) is 9.47 Å². The van der Waals surface area contributed by atoms with Gasteiger partial charge in [-0.3, -0.25) is 15.0 Å². The third kappa shape index (κ3) is 4.58. The van der Waals surface area contributed by atoms with E-state index in [9.17, 15) is 10.1 Å². The second kappa shape index (κ2) is 9.52. The Morgan fingerprint density at radius 3 is 2.53 bits per heavy atom. The number of fused-ring (bicyclic) bond motifs is 1. The van der Waals surface area contributed by atoms with E-state index in [1.807, 2.05) is 60.5 Å². The summed E-state index contributed by atoms with van der Waals surface area (Å²) < 4.78 is 10.9. The first-order chi connectivity index (χ1) is 16.6. The summed E-state index contributed by atoms with van der Waals surface area (Å²) in [6, 6.07) is 15.8. The van der Waals surface area contributed by atoms with E-state index in [1.54, 1.807) is 4.90 Å². The van der Waals surface area contributed by atoms with Crippen molar-refractivity contribution in [2.24, 2.45) is 0 Å². The van der Waals surface area contributed by atoms with Gasteiger partial charge in [0.15, 0.2) is 11.5 Å². The molecular formula is C24H26N6O4. The van der Waals surface area contributed by atoms with Crippen LogP contribution in [0.4, 0.5) is 17.3 Å². The number of nitrogens with zero attached hydrogens (tertiary/aromatic N) is 6. The second-order valence-corrected chi connectivity index (χ2v) is 8.42. The summed E-state index contributed by atoms with van der Waals surface area (Å²) in [4.78, 5) is 26.4. The largest absolute Gasteiger partial charge is 0.454 e. The zero-order valence-corrected chi connectivity index (χ0v) is 19.0. The van der Waals surface area contributed by atoms with Crippen molar-refractivity contribution >= 4 is 17.3 Å². The molecule has 0 bridgehead atoms. The van der Waals surface area contributed by atoms with Crippen LogP contribution in [-0.4, -0.2) is 59.8 Å². The first kappa shape index (κ1) is 21.9. The molecule has 0 aliphatic carbocycles. The fourth-order valence-electron chi connectivity index (χ4n) is 4.38. The Hall–Kier alpha value is -3.92. The molecule has 0 unspecified atom stereocenters. The van der Waals surface area contributed by atoms with Gasteiger partial charge in [-0.05, 0) is 23.3 Å². The molecule has 5 rings (SSSR count). The Morgan fingerprint density at radius 1 is 1.00 bits per heavy atom. The fourth-order valence-corrected chi connectivity index (χ4v) is 4.38. The van der Waals surface area contributed by atoms with Crippen LogP contribution in [0.1, 0.15) is 11.1 Å². The maximum absolute atomic E-state index is 12.1. The average molecular weight is 463 g/mol. The SMILES string of the molecule is CN(Cc1ccccc1)c1ncnc(N2CCN(Cc3ccc4c(c3)OCO4)CC2)c1[N+](=O)[O-]. The number of hydrogen-bond acceptors (Lipinski definition) is 9. The molecule has 3 aromatic rings. The smallest absolute Gasteiger partial charge is 0.353 e. The van der Waals surface area contributed by atoms with Gasteiger partial charge in [0, 0.05) is 46.3 Å². The van der Waals surface area contributed by atoms with E-state index in [0.29, 0.717) is 31.3 Å². The lowest BCUT2D eigenvalue weighted by Gasteiger charge is -2.35. The number of piperazine rings is 1. The third-order valence-electron chi connectivity index (χ3n) is 6.11. The van der Waals surface area contributed by atoms with Crippen molar-refractivity contribution in [3.63, 3.8) is 0 Å². The number of hydrogen-bond donors (Lipinski definition) is 0. The maximum atomic E-state index is 12.1. The molecule has 0 amide bonds. The summed E-state index contributed by atoms with van der Waals surface area (Å²) in [7, 11) is 1.81. The zero-order chi connectivity index (χ0) is 23.5. The van der Waals surface area contributed by atoms with Gasteiger partial charge in [-0.25, -0.2) is 9.97 Å². The molecule has 2 aromatic carbocycles. The number of benzene rings is 2. The van der Waals surface area contributed by atoms with Crippen LogP contribution in [0, 0.1) is 10.1 Å². The topological polar surface area (TPSA) is 97.1 Å². The predicted molar refractivity (Wildman–Crippen MR) is 127 cm³/mol. The number of nitro groups is 1. The van der Waals surface area contributed by atoms with E-state index < -0.39 is 0 Å². The van der Waals surface area contributed by atoms with E-state index in [-0.39, 0.29) is 17.4 Å². The molecular weight excluding hydrogens is 436 g/mol. The summed E-state index contributed by atoms with van der Waals surface area (Å²) >= 11 is 0. The summed E-state index contributed by atoms with van der Waals surface area (Å²) in [5.74, 6) is 2.25. The Labute approximate surface area is 197 Å². The quantitative estimate of drug-likeness (QED) is 0.388. The van der Waals surface area contributed by atoms with Crippen molar-refractivity contribution in [1.29, 1.82) is 0 Å². The van der Waals surface area contributed by atoms with E-state index in [1.165, 1.54) is 6.33 Å². The third-order valence-corrected chi connectivity index (χ3v) is 6.11. The molecule has 1 aromatic heterocycles. The van der Waals surface area contributed by atoms with Crippen molar-refractivity contribution in [3.8, 4) is 11.5 Å². The van der Waals surface area contributed by atoms with E-state index in [2.05, 4.69) is 14.9 Å². The number of aromatic nitrogens is 2. The van der Waals surface area contributed by atoms with Crippen molar-refractivity contribution in [2.45, 2.75) is 13.1 Å². The highest BCUT2D eigenvalue weighted by atomic mass is 16.7. The highest BCUT2D eigenvalue weighted by molar-refractivity contribution is 5.71. The lowest BCUT2D eigenvalue weighted by atomic mass is 10.1. The standard InChI is InChI=1S/C24H26N6O4/c1-27(14-18-5-3-2-4-6-18)23-22(30(31)32)24(26-16-25-23)29-11-9-28(10-12-29)15-19-7-8-20-21(13-19)34-17-33-20/h2-8,13,16H,9-12,14-15,17H2,1H3. The van der Waals surface area contributed by atoms with Crippen molar-refractivity contribution in [2.75, 3.05) is 49.8 Å². The maximum Gasteiger partial charge on any atom is 0.353 e. The molecule has 1 fully saturated rings. The minimum atomic E-state index is -0.370. The molecule has 176 valence electrons. The molecule has 0 atom stereocenters. The van der Waals surface area contributed by atoms with Crippen LogP contribution in [0.25, 0.3) is 0 Å². The minimum Gasteiger partial charge on any atom is -0.454 e. The molecule has 0 saturated carbocycles. The lowest BCUT2D eigenvalue weighted by molar-refractivity contribution is -0.383. The van der Waals surface area contributed by atoms with Gasteiger partial charge in [-0.1, -0.05) is 36.4 Å². The van der Waals surface area contributed by atoms with Crippen molar-refractivity contribution < 1.29 is 14.4 Å². The van der Waals surface area contributed by atoms with Crippen molar-refractivity contribution in [1.82, 2.24) is 14.9 Å². The average Bonchev–Trinajstić information content (AvgIpc) is 3.32. The molecule has 3 heterocycles. The first-order valence-corrected chi connectivity index (χ1v) is 11.2. The van der Waals surface area contributed by atoms with Gasteiger partial charge in [0.25, 0.3) is 0 Å². The number of anilines is 2. The Balaban J connectivity index is 1.28. The molecule has 0 spiro atoms. The zero-order valence-electron chi connectivity index (χ0n) is 19.0. The van der Waals surface area contributed by atoms with Crippen LogP contribution >= 0.6 is 0 Å². The monoisotopic (exact) mass is 462 g/mol. The van der Waals surface area contributed by atoms with Crippen molar-refractivity contribution in [3.05, 3.63) is 76.1 Å².